The number of hydrogen-bond acceptors (Lipinski definition) is 3. The molecule has 3 N–H and O–H groups in total. The minimum absolute atomic E-state index is 0.180. The summed E-state index contributed by atoms with van der Waals surface area (Å²) < 4.78 is 0. The van der Waals surface area contributed by atoms with Crippen molar-refractivity contribution in [3.8, 4) is 0 Å². The van der Waals surface area contributed by atoms with Crippen molar-refractivity contribution in [2.75, 3.05) is 5.73 Å². The minimum atomic E-state index is -0.180. The third-order valence-corrected chi connectivity index (χ3v) is 3.36. The molecular formula is C14H19N3O. The van der Waals surface area contributed by atoms with Crippen LogP contribution < -0.4 is 11.2 Å². The fourth-order valence-electron chi connectivity index (χ4n) is 2.16. The molecule has 1 aromatic carbocycles. The lowest BCUT2D eigenvalue weighted by molar-refractivity contribution is 0.0954. The van der Waals surface area contributed by atoms with Gasteiger partial charge in [-0.3, -0.25) is 4.79 Å². The first-order valence-electron chi connectivity index (χ1n) is 6.39. The van der Waals surface area contributed by atoms with Gasteiger partial charge in [0.2, 0.25) is 0 Å². The van der Waals surface area contributed by atoms with E-state index in [4.69, 9.17) is 5.73 Å². The fourth-order valence-corrected chi connectivity index (χ4v) is 2.16. The van der Waals surface area contributed by atoms with Crippen molar-refractivity contribution in [2.45, 2.75) is 32.6 Å². The number of anilines is 1. The highest BCUT2D eigenvalue weighted by Gasteiger charge is 2.16. The summed E-state index contributed by atoms with van der Waals surface area (Å²) in [7, 11) is 0. The second-order valence-corrected chi connectivity index (χ2v) is 4.81. The lowest BCUT2D eigenvalue weighted by Crippen LogP contribution is -2.24. The third-order valence-electron chi connectivity index (χ3n) is 3.36. The Bertz CT molecular complexity index is 451. The number of amides is 1. The topological polar surface area (TPSA) is 67.5 Å². The van der Waals surface area contributed by atoms with Gasteiger partial charge in [0.05, 0.1) is 0 Å². The van der Waals surface area contributed by atoms with E-state index in [1.165, 1.54) is 12.8 Å². The van der Waals surface area contributed by atoms with Crippen molar-refractivity contribution in [3.63, 3.8) is 0 Å². The van der Waals surface area contributed by atoms with E-state index in [2.05, 4.69) is 17.5 Å². The Hall–Kier alpha value is -1.84. The van der Waals surface area contributed by atoms with Gasteiger partial charge in [-0.1, -0.05) is 13.3 Å². The second-order valence-electron chi connectivity index (χ2n) is 4.81. The molecule has 2 rings (SSSR count). The van der Waals surface area contributed by atoms with E-state index in [0.717, 1.165) is 18.6 Å². The zero-order valence-electron chi connectivity index (χ0n) is 10.6. The molecule has 0 unspecified atom stereocenters. The van der Waals surface area contributed by atoms with Crippen LogP contribution in [0.2, 0.25) is 0 Å². The average Bonchev–Trinajstić information content (AvgIpc) is 2.38. The molecule has 1 aliphatic carbocycles. The van der Waals surface area contributed by atoms with E-state index >= 15 is 0 Å². The second kappa shape index (κ2) is 5.67. The zero-order valence-corrected chi connectivity index (χ0v) is 10.6. The standard InChI is InChI=1S/C14H19N3O/c1-10-4-2-3-5-13(10)16-17-14(18)11-6-8-12(15)9-7-11/h6-10H,2-5,15H2,1H3,(H,17,18)/b16-13-/t10-/m1/s1. The molecule has 4 heteroatoms. The molecule has 1 saturated carbocycles. The van der Waals surface area contributed by atoms with Crippen molar-refractivity contribution in [3.05, 3.63) is 29.8 Å². The number of rotatable bonds is 2. The van der Waals surface area contributed by atoms with Gasteiger partial charge in [0.1, 0.15) is 0 Å². The first-order chi connectivity index (χ1) is 8.66. The number of hydrazone groups is 1. The van der Waals surface area contributed by atoms with Gasteiger partial charge in [-0.15, -0.1) is 0 Å². The molecule has 1 amide bonds. The van der Waals surface area contributed by atoms with E-state index in [-0.39, 0.29) is 5.91 Å². The zero-order chi connectivity index (χ0) is 13.0. The Morgan fingerprint density at radius 1 is 1.33 bits per heavy atom. The third kappa shape index (κ3) is 3.09. The van der Waals surface area contributed by atoms with E-state index in [1.54, 1.807) is 24.3 Å². The SMILES string of the molecule is C[C@@H]1CCCC/C1=N/NC(=O)c1ccc(N)cc1. The molecule has 1 atom stereocenters. The highest BCUT2D eigenvalue weighted by atomic mass is 16.2. The molecule has 1 aliphatic rings. The van der Waals surface area contributed by atoms with Gasteiger partial charge in [-0.05, 0) is 49.4 Å². The molecule has 0 bridgehead atoms. The molecule has 1 fully saturated rings. The number of nitrogens with one attached hydrogen (secondary N) is 1. The maximum Gasteiger partial charge on any atom is 0.271 e. The molecule has 0 spiro atoms. The summed E-state index contributed by atoms with van der Waals surface area (Å²) in [5.74, 6) is 0.297. The minimum Gasteiger partial charge on any atom is -0.399 e. The van der Waals surface area contributed by atoms with Crippen LogP contribution in [0.5, 0.6) is 0 Å². The van der Waals surface area contributed by atoms with Crippen LogP contribution in [-0.2, 0) is 0 Å². The quantitative estimate of drug-likeness (QED) is 0.621. The highest BCUT2D eigenvalue weighted by Crippen LogP contribution is 2.20. The van der Waals surface area contributed by atoms with Gasteiger partial charge >= 0.3 is 0 Å². The van der Waals surface area contributed by atoms with Crippen LogP contribution in [0.3, 0.4) is 0 Å². The number of benzene rings is 1. The Kier molecular flexibility index (Phi) is 3.97. The largest absolute Gasteiger partial charge is 0.399 e. The van der Waals surface area contributed by atoms with Crippen molar-refractivity contribution in [2.24, 2.45) is 11.0 Å². The number of nitrogen functional groups attached to an aromatic ring is 1. The number of nitrogens with two attached hydrogens (primary N) is 1. The molecule has 96 valence electrons. The van der Waals surface area contributed by atoms with Crippen molar-refractivity contribution in [1.29, 1.82) is 0 Å². The summed E-state index contributed by atoms with van der Waals surface area (Å²) >= 11 is 0. The van der Waals surface area contributed by atoms with Crippen molar-refractivity contribution >= 4 is 17.3 Å². The summed E-state index contributed by atoms with van der Waals surface area (Å²) in [6.07, 6.45) is 4.58. The lowest BCUT2D eigenvalue weighted by atomic mass is 9.89. The Balaban J connectivity index is 1.99. The average molecular weight is 245 g/mol. The van der Waals surface area contributed by atoms with Gasteiger partial charge in [0.15, 0.2) is 0 Å². The Labute approximate surface area is 107 Å². The lowest BCUT2D eigenvalue weighted by Gasteiger charge is -2.19. The predicted molar refractivity (Wildman–Crippen MR) is 73.4 cm³/mol. The van der Waals surface area contributed by atoms with Gasteiger partial charge in [0.25, 0.3) is 5.91 Å². The first-order valence-corrected chi connectivity index (χ1v) is 6.39. The number of nitrogens with zero attached hydrogens (tertiary/aromatic N) is 1. The Morgan fingerprint density at radius 2 is 2.06 bits per heavy atom. The Morgan fingerprint density at radius 3 is 2.72 bits per heavy atom. The van der Waals surface area contributed by atoms with Crippen LogP contribution in [0.15, 0.2) is 29.4 Å². The monoisotopic (exact) mass is 245 g/mol. The van der Waals surface area contributed by atoms with Crippen LogP contribution in [0, 0.1) is 5.92 Å². The first kappa shape index (κ1) is 12.6. The summed E-state index contributed by atoms with van der Waals surface area (Å²) in [5, 5.41) is 4.25. The van der Waals surface area contributed by atoms with Crippen LogP contribution in [-0.4, -0.2) is 11.6 Å². The van der Waals surface area contributed by atoms with E-state index in [9.17, 15) is 4.79 Å². The number of hydrogen-bond donors (Lipinski definition) is 2. The molecule has 0 aromatic heterocycles. The van der Waals surface area contributed by atoms with Gasteiger partial charge < -0.3 is 5.73 Å². The smallest absolute Gasteiger partial charge is 0.271 e. The molecule has 0 heterocycles. The molecule has 0 aliphatic heterocycles. The molecule has 18 heavy (non-hydrogen) atoms. The van der Waals surface area contributed by atoms with Crippen LogP contribution in [0.25, 0.3) is 0 Å². The van der Waals surface area contributed by atoms with Crippen LogP contribution >= 0.6 is 0 Å². The van der Waals surface area contributed by atoms with Crippen molar-refractivity contribution in [1.82, 2.24) is 5.43 Å². The summed E-state index contributed by atoms with van der Waals surface area (Å²) in [6.45, 7) is 2.16. The van der Waals surface area contributed by atoms with Crippen molar-refractivity contribution < 1.29 is 4.79 Å². The van der Waals surface area contributed by atoms with Gasteiger partial charge in [-0.25, -0.2) is 5.43 Å². The van der Waals surface area contributed by atoms with E-state index in [0.29, 0.717) is 17.2 Å². The normalized spacial score (nSPS) is 21.8. The van der Waals surface area contributed by atoms with E-state index in [1.807, 2.05) is 0 Å². The summed E-state index contributed by atoms with van der Waals surface area (Å²) in [6, 6.07) is 6.83. The predicted octanol–water partition coefficient (Wildman–Crippen LogP) is 2.56. The number of carbonyl (C=O) groups is 1. The molecule has 0 radical (unpaired) electrons. The van der Waals surface area contributed by atoms with Gasteiger partial charge in [0, 0.05) is 17.0 Å². The molecular weight excluding hydrogens is 226 g/mol. The maximum atomic E-state index is 11.8. The van der Waals surface area contributed by atoms with Crippen LogP contribution in [0.4, 0.5) is 5.69 Å². The molecule has 4 nitrogen and oxygen atoms in total. The number of carbonyl (C=O) groups excluding carboxylic acids is 1. The van der Waals surface area contributed by atoms with E-state index < -0.39 is 0 Å². The highest BCUT2D eigenvalue weighted by molar-refractivity contribution is 5.96. The summed E-state index contributed by atoms with van der Waals surface area (Å²) in [5.41, 5.74) is 10.5. The maximum absolute atomic E-state index is 11.8. The van der Waals surface area contributed by atoms with Gasteiger partial charge in [-0.2, -0.15) is 5.10 Å². The molecule has 0 saturated heterocycles. The molecule has 1 aromatic rings. The van der Waals surface area contributed by atoms with Crippen LogP contribution in [0.1, 0.15) is 43.0 Å². The fraction of sp³-hybridized carbons (Fsp3) is 0.429. The summed E-state index contributed by atoms with van der Waals surface area (Å²) in [4.78, 5) is 11.8.